The van der Waals surface area contributed by atoms with Crippen LogP contribution in [0.1, 0.15) is 33.1 Å². The molecule has 0 amide bonds. The molecule has 0 saturated heterocycles. The first kappa shape index (κ1) is 10.1. The van der Waals surface area contributed by atoms with Crippen molar-refractivity contribution in [3.05, 3.63) is 0 Å². The Morgan fingerprint density at radius 1 is 1.46 bits per heavy atom. The molecular weight excluding hydrogens is 168 g/mol. The van der Waals surface area contributed by atoms with E-state index in [-0.39, 0.29) is 23.3 Å². The molecule has 0 heterocycles. The highest BCUT2D eigenvalue weighted by Gasteiger charge is 2.38. The van der Waals surface area contributed by atoms with Gasteiger partial charge in [-0.2, -0.15) is 0 Å². The summed E-state index contributed by atoms with van der Waals surface area (Å²) in [6, 6.07) is 0. The van der Waals surface area contributed by atoms with Gasteiger partial charge in [0.2, 0.25) is 0 Å². The fraction of sp³-hybridized carbons (Fsp3) is 0.700. The lowest BCUT2D eigenvalue weighted by atomic mass is 9.76. The summed E-state index contributed by atoms with van der Waals surface area (Å²) in [7, 11) is 0. The molecule has 1 saturated carbocycles. The van der Waals surface area contributed by atoms with Crippen LogP contribution in [0.5, 0.6) is 0 Å². The molecule has 1 fully saturated rings. The van der Waals surface area contributed by atoms with E-state index in [4.69, 9.17) is 0 Å². The minimum atomic E-state index is -0.946. The molecule has 2 unspecified atom stereocenters. The highest BCUT2D eigenvalue weighted by atomic mass is 16.2. The van der Waals surface area contributed by atoms with Crippen molar-refractivity contribution in [3.8, 4) is 0 Å². The maximum atomic E-state index is 11.6. The fourth-order valence-corrected chi connectivity index (χ4v) is 1.83. The van der Waals surface area contributed by atoms with E-state index < -0.39 is 5.92 Å². The second-order valence-corrected chi connectivity index (χ2v) is 3.56. The zero-order chi connectivity index (χ0) is 10.0. The SMILES string of the molecule is CCC1CCC(=O)C(C(C)=O)C1=O. The fourth-order valence-electron chi connectivity index (χ4n) is 1.83. The van der Waals surface area contributed by atoms with Crippen molar-refractivity contribution < 1.29 is 14.4 Å². The van der Waals surface area contributed by atoms with Gasteiger partial charge in [0.05, 0.1) is 0 Å². The van der Waals surface area contributed by atoms with Crippen molar-refractivity contribution >= 4 is 17.3 Å². The van der Waals surface area contributed by atoms with Crippen molar-refractivity contribution in [1.82, 2.24) is 0 Å². The van der Waals surface area contributed by atoms with Gasteiger partial charge >= 0.3 is 0 Å². The lowest BCUT2D eigenvalue weighted by molar-refractivity contribution is -0.144. The quantitative estimate of drug-likeness (QED) is 0.602. The Morgan fingerprint density at radius 3 is 2.54 bits per heavy atom. The van der Waals surface area contributed by atoms with Crippen molar-refractivity contribution in [2.45, 2.75) is 33.1 Å². The lowest BCUT2D eigenvalue weighted by Crippen LogP contribution is -2.39. The summed E-state index contributed by atoms with van der Waals surface area (Å²) >= 11 is 0. The molecule has 0 aromatic rings. The maximum absolute atomic E-state index is 11.6. The molecule has 0 aromatic carbocycles. The van der Waals surface area contributed by atoms with Crippen molar-refractivity contribution in [3.63, 3.8) is 0 Å². The van der Waals surface area contributed by atoms with Crippen LogP contribution in [0.25, 0.3) is 0 Å². The Kier molecular flexibility index (Phi) is 2.96. The molecule has 0 spiro atoms. The molecule has 0 bridgehead atoms. The standard InChI is InChI=1S/C10H14O3/c1-3-7-4-5-8(12)9(6(2)11)10(7)13/h7,9H,3-5H2,1-2H3. The van der Waals surface area contributed by atoms with E-state index >= 15 is 0 Å². The molecule has 0 aliphatic heterocycles. The van der Waals surface area contributed by atoms with Gasteiger partial charge in [0, 0.05) is 12.3 Å². The van der Waals surface area contributed by atoms with E-state index in [0.717, 1.165) is 6.42 Å². The van der Waals surface area contributed by atoms with Crippen LogP contribution in [0.3, 0.4) is 0 Å². The van der Waals surface area contributed by atoms with Crippen molar-refractivity contribution in [2.24, 2.45) is 11.8 Å². The van der Waals surface area contributed by atoms with E-state index in [9.17, 15) is 14.4 Å². The second-order valence-electron chi connectivity index (χ2n) is 3.56. The van der Waals surface area contributed by atoms with Crippen LogP contribution in [0, 0.1) is 11.8 Å². The van der Waals surface area contributed by atoms with Crippen molar-refractivity contribution in [2.75, 3.05) is 0 Å². The van der Waals surface area contributed by atoms with E-state index in [0.29, 0.717) is 12.8 Å². The zero-order valence-electron chi connectivity index (χ0n) is 8.00. The van der Waals surface area contributed by atoms with Gasteiger partial charge in [-0.05, 0) is 19.8 Å². The number of hydrogen-bond donors (Lipinski definition) is 0. The number of hydrogen-bond acceptors (Lipinski definition) is 3. The summed E-state index contributed by atoms with van der Waals surface area (Å²) in [5.41, 5.74) is 0. The first-order valence-electron chi connectivity index (χ1n) is 4.64. The molecule has 0 aromatic heterocycles. The Balaban J connectivity index is 2.84. The molecule has 1 aliphatic carbocycles. The molecule has 0 radical (unpaired) electrons. The summed E-state index contributed by atoms with van der Waals surface area (Å²) in [5.74, 6) is -1.67. The average molecular weight is 182 g/mol. The van der Waals surface area contributed by atoms with E-state index in [1.54, 1.807) is 0 Å². The van der Waals surface area contributed by atoms with Crippen LogP contribution in [0.4, 0.5) is 0 Å². The van der Waals surface area contributed by atoms with Crippen LogP contribution in [-0.4, -0.2) is 17.3 Å². The van der Waals surface area contributed by atoms with E-state index in [1.807, 2.05) is 6.92 Å². The summed E-state index contributed by atoms with van der Waals surface area (Å²) in [4.78, 5) is 33.9. The van der Waals surface area contributed by atoms with E-state index in [2.05, 4.69) is 0 Å². The first-order valence-corrected chi connectivity index (χ1v) is 4.64. The molecule has 1 rings (SSSR count). The van der Waals surface area contributed by atoms with Crippen LogP contribution in [0.15, 0.2) is 0 Å². The van der Waals surface area contributed by atoms with Gasteiger partial charge in [0.15, 0.2) is 11.6 Å². The smallest absolute Gasteiger partial charge is 0.153 e. The molecule has 3 heteroatoms. The van der Waals surface area contributed by atoms with Crippen LogP contribution in [-0.2, 0) is 14.4 Å². The largest absolute Gasteiger partial charge is 0.299 e. The molecule has 2 atom stereocenters. The van der Waals surface area contributed by atoms with Gasteiger partial charge in [-0.1, -0.05) is 6.92 Å². The Hall–Kier alpha value is -0.990. The minimum absolute atomic E-state index is 0.0772. The van der Waals surface area contributed by atoms with Crippen LogP contribution < -0.4 is 0 Å². The second kappa shape index (κ2) is 3.81. The highest BCUT2D eigenvalue weighted by molar-refractivity contribution is 6.20. The Bertz CT molecular complexity index is 255. The molecule has 3 nitrogen and oxygen atoms in total. The Labute approximate surface area is 77.5 Å². The first-order chi connectivity index (χ1) is 6.07. The predicted molar refractivity (Wildman–Crippen MR) is 47.2 cm³/mol. The predicted octanol–water partition coefficient (Wildman–Crippen LogP) is 1.15. The third-order valence-electron chi connectivity index (χ3n) is 2.65. The number of Topliss-reactive ketones (excluding diaryl/α,β-unsaturated/α-hetero) is 3. The molecule has 1 aliphatic rings. The molecule has 0 N–H and O–H groups in total. The summed E-state index contributed by atoms with van der Waals surface area (Å²) < 4.78 is 0. The zero-order valence-corrected chi connectivity index (χ0v) is 8.00. The van der Waals surface area contributed by atoms with Gasteiger partial charge in [-0.3, -0.25) is 14.4 Å². The van der Waals surface area contributed by atoms with Gasteiger partial charge in [-0.25, -0.2) is 0 Å². The molecule has 72 valence electrons. The normalized spacial score (nSPS) is 29.1. The molecular formula is C10H14O3. The maximum Gasteiger partial charge on any atom is 0.153 e. The van der Waals surface area contributed by atoms with Crippen LogP contribution in [0.2, 0.25) is 0 Å². The lowest BCUT2D eigenvalue weighted by Gasteiger charge is -2.23. The van der Waals surface area contributed by atoms with Crippen LogP contribution >= 0.6 is 0 Å². The Morgan fingerprint density at radius 2 is 2.08 bits per heavy atom. The van der Waals surface area contributed by atoms with Gasteiger partial charge in [0.1, 0.15) is 11.7 Å². The van der Waals surface area contributed by atoms with Gasteiger partial charge < -0.3 is 0 Å². The van der Waals surface area contributed by atoms with E-state index in [1.165, 1.54) is 6.92 Å². The number of rotatable bonds is 2. The monoisotopic (exact) mass is 182 g/mol. The highest BCUT2D eigenvalue weighted by Crippen LogP contribution is 2.25. The van der Waals surface area contributed by atoms with Crippen molar-refractivity contribution in [1.29, 1.82) is 0 Å². The topological polar surface area (TPSA) is 51.2 Å². The third-order valence-corrected chi connectivity index (χ3v) is 2.65. The number of carbonyl (C=O) groups is 3. The van der Waals surface area contributed by atoms with Gasteiger partial charge in [-0.15, -0.1) is 0 Å². The average Bonchev–Trinajstić information content (AvgIpc) is 2.04. The number of carbonyl (C=O) groups excluding carboxylic acids is 3. The summed E-state index contributed by atoms with van der Waals surface area (Å²) in [5, 5.41) is 0. The molecule has 13 heavy (non-hydrogen) atoms. The number of ketones is 3. The summed E-state index contributed by atoms with van der Waals surface area (Å²) in [6.07, 6.45) is 1.74. The minimum Gasteiger partial charge on any atom is -0.299 e. The van der Waals surface area contributed by atoms with Gasteiger partial charge in [0.25, 0.3) is 0 Å². The summed E-state index contributed by atoms with van der Waals surface area (Å²) in [6.45, 7) is 3.23. The third kappa shape index (κ3) is 1.85.